The Morgan fingerprint density at radius 3 is 2.67 bits per heavy atom. The lowest BCUT2D eigenvalue weighted by molar-refractivity contribution is -0.141. The van der Waals surface area contributed by atoms with Gasteiger partial charge in [0.2, 0.25) is 10.0 Å². The summed E-state index contributed by atoms with van der Waals surface area (Å²) in [5, 5.41) is 8.92. The minimum absolute atomic E-state index is 0.0152. The Bertz CT molecular complexity index is 418. The van der Waals surface area contributed by atoms with Gasteiger partial charge in [-0.3, -0.25) is 9.59 Å². The molecule has 104 valence electrons. The van der Waals surface area contributed by atoms with Crippen molar-refractivity contribution in [3.05, 3.63) is 0 Å². The van der Waals surface area contributed by atoms with Gasteiger partial charge in [-0.25, -0.2) is 8.42 Å². The fraction of sp³-hybridized carbons (Fsp3) is 0.800. The molecule has 0 saturated carbocycles. The lowest BCUT2D eigenvalue weighted by Crippen LogP contribution is -2.41. The predicted octanol–water partition coefficient (Wildman–Crippen LogP) is -0.182. The normalized spacial score (nSPS) is 20.8. The molecule has 1 fully saturated rings. The van der Waals surface area contributed by atoms with E-state index in [0.717, 1.165) is 4.31 Å². The van der Waals surface area contributed by atoms with Gasteiger partial charge in [-0.1, -0.05) is 0 Å². The van der Waals surface area contributed by atoms with Crippen molar-refractivity contribution in [2.24, 2.45) is 0 Å². The first kappa shape index (κ1) is 14.9. The summed E-state index contributed by atoms with van der Waals surface area (Å²) in [5.74, 6) is -1.82. The van der Waals surface area contributed by atoms with Gasteiger partial charge >= 0.3 is 11.9 Å². The minimum Gasteiger partial charge on any atom is -0.480 e. The summed E-state index contributed by atoms with van der Waals surface area (Å²) in [7, 11) is -2.38. The Labute approximate surface area is 106 Å². The van der Waals surface area contributed by atoms with E-state index >= 15 is 0 Å². The van der Waals surface area contributed by atoms with Crippen molar-refractivity contribution in [3.8, 4) is 0 Å². The first-order valence-electron chi connectivity index (χ1n) is 5.67. The maximum atomic E-state index is 11.9. The third-order valence-electron chi connectivity index (χ3n) is 2.86. The van der Waals surface area contributed by atoms with Gasteiger partial charge in [-0.15, -0.1) is 0 Å². The van der Waals surface area contributed by atoms with Crippen LogP contribution in [-0.2, 0) is 24.3 Å². The van der Waals surface area contributed by atoms with Crippen LogP contribution < -0.4 is 0 Å². The molecule has 0 amide bonds. The molecule has 0 aromatic rings. The highest BCUT2D eigenvalue weighted by Gasteiger charge is 2.38. The van der Waals surface area contributed by atoms with Crippen molar-refractivity contribution in [1.82, 2.24) is 4.31 Å². The van der Waals surface area contributed by atoms with Gasteiger partial charge in [-0.05, 0) is 19.3 Å². The molecule has 1 aliphatic rings. The number of methoxy groups -OCH3 is 1. The number of carboxylic acids is 1. The van der Waals surface area contributed by atoms with Crippen molar-refractivity contribution in [1.29, 1.82) is 0 Å². The SMILES string of the molecule is COC(=O)CCCS(=O)(=O)N1CCC[C@@H]1C(=O)O. The maximum absolute atomic E-state index is 11.9. The third kappa shape index (κ3) is 3.67. The zero-order chi connectivity index (χ0) is 13.8. The van der Waals surface area contributed by atoms with Crippen molar-refractivity contribution in [2.45, 2.75) is 31.7 Å². The molecule has 0 aromatic carbocycles. The van der Waals surface area contributed by atoms with Crippen LogP contribution >= 0.6 is 0 Å². The van der Waals surface area contributed by atoms with Gasteiger partial charge in [0.05, 0.1) is 12.9 Å². The van der Waals surface area contributed by atoms with Crippen LogP contribution in [-0.4, -0.2) is 55.2 Å². The lowest BCUT2D eigenvalue weighted by Gasteiger charge is -2.20. The molecule has 0 aliphatic carbocycles. The average Bonchev–Trinajstić information content (AvgIpc) is 2.78. The molecular formula is C10H17NO6S. The number of carbonyl (C=O) groups is 2. The largest absolute Gasteiger partial charge is 0.480 e. The molecular weight excluding hydrogens is 262 g/mol. The van der Waals surface area contributed by atoms with E-state index in [1.54, 1.807) is 0 Å². The Morgan fingerprint density at radius 1 is 1.44 bits per heavy atom. The van der Waals surface area contributed by atoms with Crippen LogP contribution in [0.15, 0.2) is 0 Å². The number of hydrogen-bond donors (Lipinski definition) is 1. The summed E-state index contributed by atoms with van der Waals surface area (Å²) in [6.45, 7) is 0.234. The van der Waals surface area contributed by atoms with Gasteiger partial charge in [0, 0.05) is 13.0 Å². The molecule has 8 heteroatoms. The molecule has 0 aromatic heterocycles. The molecule has 1 rings (SSSR count). The Kier molecular flexibility index (Phi) is 5.09. The number of carboxylic acid groups (broad SMARTS) is 1. The lowest BCUT2D eigenvalue weighted by atomic mass is 10.2. The van der Waals surface area contributed by atoms with E-state index in [9.17, 15) is 18.0 Å². The minimum atomic E-state index is -3.61. The highest BCUT2D eigenvalue weighted by atomic mass is 32.2. The smallest absolute Gasteiger partial charge is 0.322 e. The molecule has 1 aliphatic heterocycles. The number of esters is 1. The van der Waals surface area contributed by atoms with E-state index in [0.29, 0.717) is 12.8 Å². The van der Waals surface area contributed by atoms with E-state index in [1.165, 1.54) is 7.11 Å². The summed E-state index contributed by atoms with van der Waals surface area (Å²) in [5.41, 5.74) is 0. The topological polar surface area (TPSA) is 101 Å². The summed E-state index contributed by atoms with van der Waals surface area (Å²) >= 11 is 0. The number of rotatable bonds is 6. The molecule has 0 bridgehead atoms. The Hall–Kier alpha value is -1.15. The number of nitrogens with zero attached hydrogens (tertiary/aromatic N) is 1. The Balaban J connectivity index is 2.58. The molecule has 1 saturated heterocycles. The maximum Gasteiger partial charge on any atom is 0.322 e. The fourth-order valence-corrected chi connectivity index (χ4v) is 3.67. The van der Waals surface area contributed by atoms with Crippen LogP contribution in [0.4, 0.5) is 0 Å². The third-order valence-corrected chi connectivity index (χ3v) is 4.81. The average molecular weight is 279 g/mol. The van der Waals surface area contributed by atoms with E-state index < -0.39 is 28.0 Å². The molecule has 0 spiro atoms. The fourth-order valence-electron chi connectivity index (χ4n) is 1.94. The van der Waals surface area contributed by atoms with Crippen LogP contribution in [0.25, 0.3) is 0 Å². The second-order valence-corrected chi connectivity index (χ2v) is 6.14. The zero-order valence-corrected chi connectivity index (χ0v) is 11.0. The monoisotopic (exact) mass is 279 g/mol. The predicted molar refractivity (Wildman–Crippen MR) is 62.4 cm³/mol. The van der Waals surface area contributed by atoms with Gasteiger partial charge in [0.15, 0.2) is 0 Å². The quantitative estimate of drug-likeness (QED) is 0.677. The number of aliphatic carboxylic acids is 1. The van der Waals surface area contributed by atoms with E-state index in [2.05, 4.69) is 4.74 Å². The zero-order valence-electron chi connectivity index (χ0n) is 10.2. The van der Waals surface area contributed by atoms with Crippen molar-refractivity contribution < 1.29 is 27.9 Å². The highest BCUT2D eigenvalue weighted by molar-refractivity contribution is 7.89. The molecule has 18 heavy (non-hydrogen) atoms. The second kappa shape index (κ2) is 6.14. The highest BCUT2D eigenvalue weighted by Crippen LogP contribution is 2.22. The molecule has 1 heterocycles. The number of sulfonamides is 1. The standard InChI is InChI=1S/C10H17NO6S/c1-17-9(12)5-3-7-18(15,16)11-6-2-4-8(11)10(13)14/h8H,2-7H2,1H3,(H,13,14)/t8-/m1/s1. The van der Waals surface area contributed by atoms with Gasteiger partial charge in [0.25, 0.3) is 0 Å². The van der Waals surface area contributed by atoms with Crippen molar-refractivity contribution in [3.63, 3.8) is 0 Å². The first-order valence-corrected chi connectivity index (χ1v) is 7.28. The van der Waals surface area contributed by atoms with E-state index in [1.807, 2.05) is 0 Å². The van der Waals surface area contributed by atoms with Crippen LogP contribution in [0.2, 0.25) is 0 Å². The number of ether oxygens (including phenoxy) is 1. The van der Waals surface area contributed by atoms with Gasteiger partial charge < -0.3 is 9.84 Å². The Morgan fingerprint density at radius 2 is 2.11 bits per heavy atom. The summed E-state index contributed by atoms with van der Waals surface area (Å²) in [4.78, 5) is 21.8. The van der Waals surface area contributed by atoms with Crippen molar-refractivity contribution >= 4 is 22.0 Å². The molecule has 1 atom stereocenters. The second-order valence-electron chi connectivity index (χ2n) is 4.10. The van der Waals surface area contributed by atoms with E-state index in [-0.39, 0.29) is 25.1 Å². The van der Waals surface area contributed by atoms with E-state index in [4.69, 9.17) is 5.11 Å². The summed E-state index contributed by atoms with van der Waals surface area (Å²) in [6, 6.07) is -0.965. The summed E-state index contributed by atoms with van der Waals surface area (Å²) < 4.78 is 29.3. The molecule has 7 nitrogen and oxygen atoms in total. The molecule has 1 N–H and O–H groups in total. The van der Waals surface area contributed by atoms with Gasteiger partial charge in [0.1, 0.15) is 6.04 Å². The number of hydrogen-bond acceptors (Lipinski definition) is 5. The van der Waals surface area contributed by atoms with Gasteiger partial charge in [-0.2, -0.15) is 4.31 Å². The van der Waals surface area contributed by atoms with Crippen LogP contribution in [0, 0.1) is 0 Å². The van der Waals surface area contributed by atoms with Crippen molar-refractivity contribution in [2.75, 3.05) is 19.4 Å². The first-order chi connectivity index (χ1) is 8.38. The van der Waals surface area contributed by atoms with Crippen LogP contribution in [0.5, 0.6) is 0 Å². The van der Waals surface area contributed by atoms with Crippen LogP contribution in [0.3, 0.4) is 0 Å². The molecule has 0 radical (unpaired) electrons. The molecule has 0 unspecified atom stereocenters. The summed E-state index contributed by atoms with van der Waals surface area (Å²) in [6.07, 6.45) is 1.04. The van der Waals surface area contributed by atoms with Crippen LogP contribution in [0.1, 0.15) is 25.7 Å². The number of carbonyl (C=O) groups excluding carboxylic acids is 1.